The second-order valence-electron chi connectivity index (χ2n) is 4.94. The molecule has 0 unspecified atom stereocenters. The summed E-state index contributed by atoms with van der Waals surface area (Å²) in [5.41, 5.74) is 2.97. The summed E-state index contributed by atoms with van der Waals surface area (Å²) in [7, 11) is 0. The fraction of sp³-hybridized carbons (Fsp3) is 0.562. The molecule has 1 aliphatic heterocycles. The Labute approximate surface area is 106 Å². The average Bonchev–Trinajstić information content (AvgIpc) is 2.73. The van der Waals surface area contributed by atoms with Crippen LogP contribution in [0.1, 0.15) is 51.5 Å². The molecule has 1 nitrogen and oxygen atoms in total. The number of nitrogens with zero attached hydrogens (tertiary/aromatic N) is 1. The van der Waals surface area contributed by atoms with E-state index in [9.17, 15) is 0 Å². The molecule has 0 aromatic heterocycles. The molecule has 0 bridgehead atoms. The van der Waals surface area contributed by atoms with Gasteiger partial charge in [0, 0.05) is 12.2 Å². The quantitative estimate of drug-likeness (QED) is 0.647. The first-order chi connectivity index (χ1) is 8.36. The Kier molecular flexibility index (Phi) is 4.47. The van der Waals surface area contributed by atoms with Crippen molar-refractivity contribution in [3.8, 4) is 0 Å². The first-order valence-corrected chi connectivity index (χ1v) is 7.07. The number of fused-ring (bicyclic) bond motifs is 1. The predicted molar refractivity (Wildman–Crippen MR) is 75.2 cm³/mol. The van der Waals surface area contributed by atoms with Gasteiger partial charge in [0.25, 0.3) is 0 Å². The topological polar surface area (TPSA) is 3.24 Å². The molecule has 0 aliphatic carbocycles. The number of anilines is 1. The molecular weight excluding hydrogens is 206 g/mol. The molecule has 0 saturated heterocycles. The lowest BCUT2D eigenvalue weighted by molar-refractivity contribution is 0.638. The molecule has 1 aromatic rings. The zero-order valence-corrected chi connectivity index (χ0v) is 11.2. The first kappa shape index (κ1) is 12.5. The number of hydrogen-bond acceptors (Lipinski definition) is 1. The Hall–Kier alpha value is -0.980. The minimum atomic E-state index is 1.17. The van der Waals surface area contributed by atoms with E-state index < -0.39 is 0 Å². The van der Waals surface area contributed by atoms with Crippen molar-refractivity contribution in [2.75, 3.05) is 11.4 Å². The van der Waals surface area contributed by atoms with Crippen LogP contribution >= 0.6 is 0 Å². The minimum Gasteiger partial charge on any atom is -0.363 e. The summed E-state index contributed by atoms with van der Waals surface area (Å²) in [6.45, 7) is 5.76. The van der Waals surface area contributed by atoms with Crippen molar-refractivity contribution >= 4 is 5.69 Å². The summed E-state index contributed by atoms with van der Waals surface area (Å²) in [5.74, 6) is 0. The zero-order chi connectivity index (χ0) is 12.1. The Balaban J connectivity index is 1.98. The Morgan fingerprint density at radius 2 is 1.88 bits per heavy atom. The van der Waals surface area contributed by atoms with E-state index in [0.717, 1.165) is 0 Å². The van der Waals surface area contributed by atoms with Crippen LogP contribution in [-0.2, 0) is 6.42 Å². The summed E-state index contributed by atoms with van der Waals surface area (Å²) in [6, 6.07) is 10.5. The van der Waals surface area contributed by atoms with E-state index in [4.69, 9.17) is 0 Å². The molecule has 1 heteroatoms. The van der Waals surface area contributed by atoms with Gasteiger partial charge in [-0.05, 0) is 30.9 Å². The predicted octanol–water partition coefficient (Wildman–Crippen LogP) is 4.57. The van der Waals surface area contributed by atoms with Gasteiger partial charge in [-0.15, -0.1) is 0 Å². The molecule has 93 valence electrons. The molecule has 0 fully saturated rings. The van der Waals surface area contributed by atoms with Gasteiger partial charge in [0.15, 0.2) is 0 Å². The van der Waals surface area contributed by atoms with Gasteiger partial charge in [0.2, 0.25) is 0 Å². The minimum absolute atomic E-state index is 1.17. The van der Waals surface area contributed by atoms with Gasteiger partial charge >= 0.3 is 0 Å². The molecule has 1 aliphatic rings. The third-order valence-corrected chi connectivity index (χ3v) is 3.70. The van der Waals surface area contributed by atoms with E-state index >= 15 is 0 Å². The van der Waals surface area contributed by atoms with E-state index in [0.29, 0.717) is 0 Å². The first-order valence-electron chi connectivity index (χ1n) is 7.07. The third-order valence-electron chi connectivity index (χ3n) is 3.70. The van der Waals surface area contributed by atoms with Crippen LogP contribution in [0.4, 0.5) is 5.69 Å². The largest absolute Gasteiger partial charge is 0.363 e. The van der Waals surface area contributed by atoms with Crippen LogP contribution in [0.15, 0.2) is 24.3 Å². The van der Waals surface area contributed by atoms with E-state index in [1.807, 2.05) is 0 Å². The SMILES string of the molecule is CCCCCCN1[C](CC)Cc2ccccc21. The maximum absolute atomic E-state index is 2.56. The summed E-state index contributed by atoms with van der Waals surface area (Å²) >= 11 is 0. The number of hydrogen-bond donors (Lipinski definition) is 0. The highest BCUT2D eigenvalue weighted by Crippen LogP contribution is 2.37. The summed E-state index contributed by atoms with van der Waals surface area (Å²) in [5, 5.41) is 0. The molecular formula is C16H24N. The molecule has 0 spiro atoms. The maximum atomic E-state index is 2.56. The fourth-order valence-electron chi connectivity index (χ4n) is 2.70. The van der Waals surface area contributed by atoms with E-state index in [2.05, 4.69) is 43.0 Å². The second-order valence-corrected chi connectivity index (χ2v) is 4.94. The lowest BCUT2D eigenvalue weighted by Crippen LogP contribution is -2.25. The van der Waals surface area contributed by atoms with Gasteiger partial charge in [-0.2, -0.15) is 0 Å². The average molecular weight is 230 g/mol. The smallest absolute Gasteiger partial charge is 0.0674 e. The van der Waals surface area contributed by atoms with Crippen LogP contribution in [0.25, 0.3) is 0 Å². The van der Waals surface area contributed by atoms with Gasteiger partial charge in [0.1, 0.15) is 0 Å². The Morgan fingerprint density at radius 3 is 2.65 bits per heavy atom. The van der Waals surface area contributed by atoms with E-state index in [1.54, 1.807) is 6.04 Å². The van der Waals surface area contributed by atoms with Crippen LogP contribution < -0.4 is 4.90 Å². The van der Waals surface area contributed by atoms with Crippen LogP contribution in [0, 0.1) is 6.04 Å². The van der Waals surface area contributed by atoms with Gasteiger partial charge in [0.05, 0.1) is 6.04 Å². The number of para-hydroxylation sites is 1. The standard InChI is InChI=1S/C16H24N/c1-3-5-6-9-12-17-15(4-2)13-14-10-7-8-11-16(14)17/h7-8,10-11H,3-6,9,12-13H2,1-2H3. The van der Waals surface area contributed by atoms with E-state index in [-0.39, 0.29) is 0 Å². The van der Waals surface area contributed by atoms with Crippen molar-refractivity contribution in [2.45, 2.75) is 52.4 Å². The Bertz CT molecular complexity index is 345. The molecule has 1 heterocycles. The number of rotatable bonds is 6. The van der Waals surface area contributed by atoms with E-state index in [1.165, 1.54) is 56.3 Å². The number of unbranched alkanes of at least 4 members (excludes halogenated alkanes) is 3. The molecule has 0 saturated carbocycles. The van der Waals surface area contributed by atoms with Crippen molar-refractivity contribution in [3.05, 3.63) is 35.9 Å². The monoisotopic (exact) mass is 230 g/mol. The molecule has 0 atom stereocenters. The fourth-order valence-corrected chi connectivity index (χ4v) is 2.70. The highest BCUT2D eigenvalue weighted by atomic mass is 15.2. The molecule has 17 heavy (non-hydrogen) atoms. The van der Waals surface area contributed by atoms with Crippen molar-refractivity contribution in [1.29, 1.82) is 0 Å². The molecule has 0 amide bonds. The van der Waals surface area contributed by atoms with Crippen LogP contribution in [0.2, 0.25) is 0 Å². The number of benzene rings is 1. The molecule has 0 N–H and O–H groups in total. The lowest BCUT2D eigenvalue weighted by Gasteiger charge is -2.26. The van der Waals surface area contributed by atoms with Crippen molar-refractivity contribution < 1.29 is 0 Å². The summed E-state index contributed by atoms with van der Waals surface area (Å²) < 4.78 is 0. The zero-order valence-electron chi connectivity index (χ0n) is 11.2. The molecule has 2 rings (SSSR count). The summed E-state index contributed by atoms with van der Waals surface area (Å²) in [6.07, 6.45) is 7.73. The van der Waals surface area contributed by atoms with Crippen molar-refractivity contribution in [3.63, 3.8) is 0 Å². The highest BCUT2D eigenvalue weighted by Gasteiger charge is 2.27. The van der Waals surface area contributed by atoms with Crippen molar-refractivity contribution in [2.24, 2.45) is 0 Å². The highest BCUT2D eigenvalue weighted by molar-refractivity contribution is 5.62. The Morgan fingerprint density at radius 1 is 1.06 bits per heavy atom. The molecule has 1 radical (unpaired) electrons. The summed E-state index contributed by atoms with van der Waals surface area (Å²) in [4.78, 5) is 2.56. The van der Waals surface area contributed by atoms with Crippen molar-refractivity contribution in [1.82, 2.24) is 0 Å². The van der Waals surface area contributed by atoms with Crippen LogP contribution in [0.3, 0.4) is 0 Å². The van der Waals surface area contributed by atoms with Gasteiger partial charge < -0.3 is 4.90 Å². The lowest BCUT2D eigenvalue weighted by atomic mass is 10.1. The third kappa shape index (κ3) is 2.83. The molecule has 1 aromatic carbocycles. The van der Waals surface area contributed by atoms with Gasteiger partial charge in [-0.25, -0.2) is 0 Å². The van der Waals surface area contributed by atoms with Crippen LogP contribution in [0.5, 0.6) is 0 Å². The second kappa shape index (κ2) is 6.09. The van der Waals surface area contributed by atoms with Gasteiger partial charge in [-0.3, -0.25) is 0 Å². The van der Waals surface area contributed by atoms with Crippen LogP contribution in [-0.4, -0.2) is 6.54 Å². The van der Waals surface area contributed by atoms with Gasteiger partial charge in [-0.1, -0.05) is 51.3 Å². The normalized spacial score (nSPS) is 15.3. The maximum Gasteiger partial charge on any atom is 0.0674 e.